The molecule has 2 N–H and O–H groups in total. The van der Waals surface area contributed by atoms with Crippen LogP contribution in [0.15, 0.2) is 30.3 Å². The second-order valence-electron chi connectivity index (χ2n) is 5.36. The average Bonchev–Trinajstić information content (AvgIpc) is 2.31. The maximum absolute atomic E-state index is 6.39. The second kappa shape index (κ2) is 5.36. The van der Waals surface area contributed by atoms with Crippen molar-refractivity contribution < 1.29 is 0 Å². The van der Waals surface area contributed by atoms with Crippen LogP contribution in [0.25, 0.3) is 0 Å². The van der Waals surface area contributed by atoms with Crippen LogP contribution in [0.1, 0.15) is 39.4 Å². The standard InChI is InChI=1S/C17H20ClN/c1-10-5-11(2)7-14(6-10)17(19)15-8-12(3)13(4)9-16(15)18/h5-9,17H,19H2,1-4H3. The number of hydrogen-bond donors (Lipinski definition) is 1. The summed E-state index contributed by atoms with van der Waals surface area (Å²) in [7, 11) is 0. The maximum atomic E-state index is 6.39. The van der Waals surface area contributed by atoms with E-state index < -0.39 is 0 Å². The lowest BCUT2D eigenvalue weighted by Gasteiger charge is -2.17. The summed E-state index contributed by atoms with van der Waals surface area (Å²) in [6, 6.07) is 10.3. The molecule has 0 heterocycles. The Balaban J connectivity index is 2.49. The molecule has 0 spiro atoms. The van der Waals surface area contributed by atoms with Crippen molar-refractivity contribution in [3.05, 3.63) is 68.7 Å². The van der Waals surface area contributed by atoms with Gasteiger partial charge in [-0.2, -0.15) is 0 Å². The van der Waals surface area contributed by atoms with Gasteiger partial charge < -0.3 is 5.73 Å². The fourth-order valence-corrected chi connectivity index (χ4v) is 2.75. The molecule has 2 rings (SSSR count). The van der Waals surface area contributed by atoms with Crippen molar-refractivity contribution >= 4 is 11.6 Å². The molecule has 0 radical (unpaired) electrons. The van der Waals surface area contributed by atoms with Gasteiger partial charge in [-0.3, -0.25) is 0 Å². The molecule has 0 aliphatic heterocycles. The van der Waals surface area contributed by atoms with E-state index in [2.05, 4.69) is 52.0 Å². The number of halogens is 1. The smallest absolute Gasteiger partial charge is 0.0566 e. The fraction of sp³-hybridized carbons (Fsp3) is 0.294. The summed E-state index contributed by atoms with van der Waals surface area (Å²) in [6.45, 7) is 8.33. The van der Waals surface area contributed by atoms with Crippen molar-refractivity contribution in [2.24, 2.45) is 5.73 Å². The average molecular weight is 274 g/mol. The molecule has 0 aliphatic carbocycles. The third kappa shape index (κ3) is 2.99. The van der Waals surface area contributed by atoms with E-state index >= 15 is 0 Å². The summed E-state index contributed by atoms with van der Waals surface area (Å²) in [6.07, 6.45) is 0. The quantitative estimate of drug-likeness (QED) is 0.849. The Morgan fingerprint density at radius 3 is 1.95 bits per heavy atom. The van der Waals surface area contributed by atoms with E-state index in [0.29, 0.717) is 0 Å². The van der Waals surface area contributed by atoms with E-state index in [-0.39, 0.29) is 6.04 Å². The van der Waals surface area contributed by atoms with Crippen LogP contribution in [0.5, 0.6) is 0 Å². The van der Waals surface area contributed by atoms with E-state index in [4.69, 9.17) is 17.3 Å². The highest BCUT2D eigenvalue weighted by atomic mass is 35.5. The van der Waals surface area contributed by atoms with Gasteiger partial charge in [0.2, 0.25) is 0 Å². The van der Waals surface area contributed by atoms with Crippen LogP contribution in [0.4, 0.5) is 0 Å². The molecule has 1 atom stereocenters. The van der Waals surface area contributed by atoms with Crippen molar-refractivity contribution in [2.45, 2.75) is 33.7 Å². The first-order valence-electron chi connectivity index (χ1n) is 6.49. The zero-order chi connectivity index (χ0) is 14.2. The molecule has 0 aliphatic rings. The molecule has 2 aromatic rings. The van der Waals surface area contributed by atoms with Crippen LogP contribution in [0, 0.1) is 27.7 Å². The van der Waals surface area contributed by atoms with Gasteiger partial charge in [0, 0.05) is 5.02 Å². The molecule has 0 saturated heterocycles. The summed E-state index contributed by atoms with van der Waals surface area (Å²) in [5.41, 5.74) is 13.4. The van der Waals surface area contributed by atoms with Crippen LogP contribution in [-0.2, 0) is 0 Å². The van der Waals surface area contributed by atoms with Crippen LogP contribution in [0.3, 0.4) is 0 Å². The lowest BCUT2D eigenvalue weighted by atomic mass is 9.94. The largest absolute Gasteiger partial charge is 0.320 e. The molecule has 2 heteroatoms. The highest BCUT2D eigenvalue weighted by Gasteiger charge is 2.14. The number of hydrogen-bond acceptors (Lipinski definition) is 1. The van der Waals surface area contributed by atoms with Gasteiger partial charge in [-0.25, -0.2) is 0 Å². The number of nitrogens with two attached hydrogens (primary N) is 1. The molecule has 0 amide bonds. The van der Waals surface area contributed by atoms with Crippen LogP contribution in [0.2, 0.25) is 5.02 Å². The van der Waals surface area contributed by atoms with Gasteiger partial charge in [0.25, 0.3) is 0 Å². The Morgan fingerprint density at radius 2 is 1.37 bits per heavy atom. The normalized spacial score (nSPS) is 12.5. The summed E-state index contributed by atoms with van der Waals surface area (Å²) in [5, 5.41) is 0.745. The van der Waals surface area contributed by atoms with Crippen molar-refractivity contribution in [1.29, 1.82) is 0 Å². The fourth-order valence-electron chi connectivity index (χ4n) is 2.41. The first-order chi connectivity index (χ1) is 8.88. The van der Waals surface area contributed by atoms with Gasteiger partial charge in [0.1, 0.15) is 0 Å². The molecule has 19 heavy (non-hydrogen) atoms. The van der Waals surface area contributed by atoms with E-state index in [1.807, 2.05) is 6.07 Å². The Kier molecular flexibility index (Phi) is 3.98. The Bertz CT molecular complexity index is 597. The van der Waals surface area contributed by atoms with E-state index in [1.54, 1.807) is 0 Å². The number of benzene rings is 2. The molecule has 0 fully saturated rings. The predicted octanol–water partition coefficient (Wildman–Crippen LogP) is 4.62. The molecule has 100 valence electrons. The van der Waals surface area contributed by atoms with Gasteiger partial charge >= 0.3 is 0 Å². The SMILES string of the molecule is Cc1cc(C)cc(C(N)c2cc(C)c(C)cc2Cl)c1. The van der Waals surface area contributed by atoms with Gasteiger partial charge in [-0.1, -0.05) is 47.0 Å². The highest BCUT2D eigenvalue weighted by Crippen LogP contribution is 2.29. The number of rotatable bonds is 2. The highest BCUT2D eigenvalue weighted by molar-refractivity contribution is 6.31. The van der Waals surface area contributed by atoms with Gasteiger partial charge in [0.05, 0.1) is 6.04 Å². The molecule has 0 bridgehead atoms. The molecule has 0 saturated carbocycles. The molecule has 0 aromatic heterocycles. The van der Waals surface area contributed by atoms with Gasteiger partial charge in [0.15, 0.2) is 0 Å². The Hall–Kier alpha value is -1.31. The lowest BCUT2D eigenvalue weighted by Crippen LogP contribution is -2.13. The second-order valence-corrected chi connectivity index (χ2v) is 5.76. The molecular weight excluding hydrogens is 254 g/mol. The van der Waals surface area contributed by atoms with Crippen molar-refractivity contribution in [3.63, 3.8) is 0 Å². The Morgan fingerprint density at radius 1 is 0.842 bits per heavy atom. The van der Waals surface area contributed by atoms with Crippen molar-refractivity contribution in [1.82, 2.24) is 0 Å². The van der Waals surface area contributed by atoms with Crippen LogP contribution >= 0.6 is 11.6 Å². The topological polar surface area (TPSA) is 26.0 Å². The van der Waals surface area contributed by atoms with E-state index in [9.17, 15) is 0 Å². The molecule has 1 unspecified atom stereocenters. The monoisotopic (exact) mass is 273 g/mol. The third-order valence-corrected chi connectivity index (χ3v) is 3.88. The van der Waals surface area contributed by atoms with E-state index in [0.717, 1.165) is 16.1 Å². The first-order valence-corrected chi connectivity index (χ1v) is 6.86. The minimum absolute atomic E-state index is 0.176. The first kappa shape index (κ1) is 14.1. The van der Waals surface area contributed by atoms with Crippen LogP contribution < -0.4 is 5.73 Å². The van der Waals surface area contributed by atoms with Gasteiger partial charge in [-0.05, 0) is 56.0 Å². The third-order valence-electron chi connectivity index (χ3n) is 3.55. The molecule has 2 aromatic carbocycles. The summed E-state index contributed by atoms with van der Waals surface area (Å²) in [5.74, 6) is 0. The summed E-state index contributed by atoms with van der Waals surface area (Å²) < 4.78 is 0. The lowest BCUT2D eigenvalue weighted by molar-refractivity contribution is 0.865. The molecule has 1 nitrogen and oxygen atoms in total. The zero-order valence-electron chi connectivity index (χ0n) is 11.9. The summed E-state index contributed by atoms with van der Waals surface area (Å²) in [4.78, 5) is 0. The van der Waals surface area contributed by atoms with E-state index in [1.165, 1.54) is 22.3 Å². The predicted molar refractivity (Wildman–Crippen MR) is 82.9 cm³/mol. The zero-order valence-corrected chi connectivity index (χ0v) is 12.7. The number of aryl methyl sites for hydroxylation is 4. The Labute approximate surface area is 120 Å². The minimum atomic E-state index is -0.176. The maximum Gasteiger partial charge on any atom is 0.0566 e. The van der Waals surface area contributed by atoms with Crippen LogP contribution in [-0.4, -0.2) is 0 Å². The minimum Gasteiger partial charge on any atom is -0.320 e. The molecular formula is C17H20ClN. The summed E-state index contributed by atoms with van der Waals surface area (Å²) >= 11 is 6.35. The van der Waals surface area contributed by atoms with Gasteiger partial charge in [-0.15, -0.1) is 0 Å². The van der Waals surface area contributed by atoms with Crippen molar-refractivity contribution in [2.75, 3.05) is 0 Å². The van der Waals surface area contributed by atoms with Crippen molar-refractivity contribution in [3.8, 4) is 0 Å².